The average molecular weight is 373 g/mol. The number of rotatable bonds is 5. The first-order valence-electron chi connectivity index (χ1n) is 9.36. The van der Waals surface area contributed by atoms with Gasteiger partial charge in [0.1, 0.15) is 5.78 Å². The molecule has 0 radical (unpaired) electrons. The van der Waals surface area contributed by atoms with Crippen molar-refractivity contribution in [3.63, 3.8) is 0 Å². The third-order valence-electron chi connectivity index (χ3n) is 4.07. The van der Waals surface area contributed by atoms with Gasteiger partial charge in [-0.25, -0.2) is 0 Å². The van der Waals surface area contributed by atoms with E-state index >= 15 is 0 Å². The first kappa shape index (κ1) is 23.0. The molecule has 0 aromatic heterocycles. The van der Waals surface area contributed by atoms with Crippen molar-refractivity contribution >= 4 is 11.7 Å². The number of hydrogen-bond donors (Lipinski definition) is 0. The van der Waals surface area contributed by atoms with Crippen LogP contribution >= 0.6 is 0 Å². The zero-order valence-corrected chi connectivity index (χ0v) is 16.6. The predicted molar refractivity (Wildman–Crippen MR) is 99.3 cm³/mol. The lowest BCUT2D eigenvalue weighted by atomic mass is 10.3. The zero-order valence-electron chi connectivity index (χ0n) is 16.6. The van der Waals surface area contributed by atoms with Crippen LogP contribution in [0.25, 0.3) is 0 Å². The minimum Gasteiger partial charge on any atom is -0.378 e. The summed E-state index contributed by atoms with van der Waals surface area (Å²) in [5.41, 5.74) is 0. The highest BCUT2D eigenvalue weighted by Crippen LogP contribution is 1.97. The smallest absolute Gasteiger partial charge is 0.236 e. The summed E-state index contributed by atoms with van der Waals surface area (Å²) >= 11 is 0. The van der Waals surface area contributed by atoms with Crippen molar-refractivity contribution in [1.29, 1.82) is 0 Å². The molecule has 8 heteroatoms. The van der Waals surface area contributed by atoms with Gasteiger partial charge in [-0.2, -0.15) is 0 Å². The molecule has 0 aromatic rings. The molecule has 1 rings (SSSR count). The second-order valence-corrected chi connectivity index (χ2v) is 6.75. The van der Waals surface area contributed by atoms with Crippen molar-refractivity contribution in [2.45, 2.75) is 13.3 Å². The van der Waals surface area contributed by atoms with E-state index < -0.39 is 0 Å². The number of amides is 1. The molecule has 1 heterocycles. The molecule has 1 aliphatic rings. The van der Waals surface area contributed by atoms with Crippen molar-refractivity contribution in [3.8, 4) is 0 Å². The quantitative estimate of drug-likeness (QED) is 0.656. The molecule has 26 heavy (non-hydrogen) atoms. The van der Waals surface area contributed by atoms with E-state index in [9.17, 15) is 9.59 Å². The Morgan fingerprint density at radius 2 is 1.35 bits per heavy atom. The van der Waals surface area contributed by atoms with Gasteiger partial charge in [-0.15, -0.1) is 0 Å². The Hall–Kier alpha value is -1.06. The summed E-state index contributed by atoms with van der Waals surface area (Å²) in [5.74, 6) is 0.261. The van der Waals surface area contributed by atoms with E-state index in [0.717, 1.165) is 13.1 Å². The van der Waals surface area contributed by atoms with Gasteiger partial charge in [-0.3, -0.25) is 14.5 Å². The van der Waals surface area contributed by atoms with Crippen molar-refractivity contribution in [2.24, 2.45) is 0 Å². The van der Waals surface area contributed by atoms with E-state index in [1.807, 2.05) is 19.0 Å². The van der Waals surface area contributed by atoms with Crippen molar-refractivity contribution in [3.05, 3.63) is 0 Å². The molecule has 0 N–H and O–H groups in total. The Morgan fingerprint density at radius 3 is 1.85 bits per heavy atom. The van der Waals surface area contributed by atoms with Crippen LogP contribution in [0.15, 0.2) is 0 Å². The Kier molecular flexibility index (Phi) is 12.4. The first-order valence-corrected chi connectivity index (χ1v) is 9.36. The maximum atomic E-state index is 12.3. The predicted octanol–water partition coefficient (Wildman–Crippen LogP) is -0.279. The fourth-order valence-electron chi connectivity index (χ4n) is 2.54. The minimum atomic E-state index is 0.0749. The highest BCUT2D eigenvalue weighted by molar-refractivity contribution is 5.78. The van der Waals surface area contributed by atoms with Crippen LogP contribution in [0.1, 0.15) is 13.3 Å². The fourth-order valence-corrected chi connectivity index (χ4v) is 2.54. The van der Waals surface area contributed by atoms with Crippen LogP contribution in [0.2, 0.25) is 0 Å². The number of hydrogen-bond acceptors (Lipinski definition) is 7. The van der Waals surface area contributed by atoms with Crippen LogP contribution in [0.4, 0.5) is 0 Å². The molecule has 0 atom stereocenters. The summed E-state index contributed by atoms with van der Waals surface area (Å²) < 4.78 is 16.9. The molecule has 152 valence electrons. The second-order valence-electron chi connectivity index (χ2n) is 6.75. The van der Waals surface area contributed by atoms with Gasteiger partial charge in [0.15, 0.2) is 0 Å². The van der Waals surface area contributed by atoms with Gasteiger partial charge >= 0.3 is 0 Å². The molecule has 0 unspecified atom stereocenters. The summed E-state index contributed by atoms with van der Waals surface area (Å²) in [6.45, 7) is 8.54. The number of Topliss-reactive ketones (excluding diaryl/α,β-unsaturated/α-hetero) is 1. The van der Waals surface area contributed by atoms with Crippen LogP contribution in [0, 0.1) is 0 Å². The van der Waals surface area contributed by atoms with Crippen LogP contribution in [-0.4, -0.2) is 119 Å². The van der Waals surface area contributed by atoms with Gasteiger partial charge in [0.2, 0.25) is 5.91 Å². The number of ketones is 1. The molecular weight excluding hydrogens is 338 g/mol. The maximum Gasteiger partial charge on any atom is 0.236 e. The van der Waals surface area contributed by atoms with Gasteiger partial charge in [-0.05, 0) is 21.0 Å². The second kappa shape index (κ2) is 14.1. The molecule has 0 spiro atoms. The summed E-state index contributed by atoms with van der Waals surface area (Å²) in [4.78, 5) is 29.4. The van der Waals surface area contributed by atoms with Gasteiger partial charge in [0, 0.05) is 39.1 Å². The number of nitrogens with zero attached hydrogens (tertiary/aromatic N) is 3. The first-order chi connectivity index (χ1) is 12.5. The third kappa shape index (κ3) is 11.5. The lowest BCUT2D eigenvalue weighted by Gasteiger charge is -2.24. The van der Waals surface area contributed by atoms with Gasteiger partial charge < -0.3 is 24.0 Å². The third-order valence-corrected chi connectivity index (χ3v) is 4.07. The lowest BCUT2D eigenvalue weighted by molar-refractivity contribution is -0.133. The molecule has 0 bridgehead atoms. The van der Waals surface area contributed by atoms with E-state index in [4.69, 9.17) is 14.2 Å². The lowest BCUT2D eigenvalue weighted by Crippen LogP contribution is -2.41. The summed E-state index contributed by atoms with van der Waals surface area (Å²) in [5, 5.41) is 0. The van der Waals surface area contributed by atoms with Crippen LogP contribution in [-0.2, 0) is 23.8 Å². The largest absolute Gasteiger partial charge is 0.378 e. The SMILES string of the molecule is CC(=O)CCN1CCOCCOCCN(C(=O)CN(C)C)CCOCC1. The normalized spacial score (nSPS) is 19.8. The van der Waals surface area contributed by atoms with E-state index in [-0.39, 0.29) is 11.7 Å². The van der Waals surface area contributed by atoms with E-state index in [1.165, 1.54) is 0 Å². The summed E-state index contributed by atoms with van der Waals surface area (Å²) in [6, 6.07) is 0. The Bertz CT molecular complexity index is 406. The number of ether oxygens (including phenoxy) is 3. The molecule has 8 nitrogen and oxygen atoms in total. The molecule has 1 saturated heterocycles. The van der Waals surface area contributed by atoms with E-state index in [2.05, 4.69) is 4.90 Å². The molecule has 1 aliphatic heterocycles. The molecule has 1 fully saturated rings. The van der Waals surface area contributed by atoms with Crippen LogP contribution in [0.5, 0.6) is 0 Å². The van der Waals surface area contributed by atoms with Crippen molar-refractivity contribution in [1.82, 2.24) is 14.7 Å². The minimum absolute atomic E-state index is 0.0749. The maximum absolute atomic E-state index is 12.3. The topological polar surface area (TPSA) is 71.6 Å². The zero-order chi connectivity index (χ0) is 19.2. The standard InChI is InChI=1S/C18H35N3O5/c1-17(22)4-5-20-6-10-24-12-8-21(18(23)16-19(2)3)9-13-26-15-14-25-11-7-20/h4-16H2,1-3H3. The Balaban J connectivity index is 2.49. The molecule has 0 aliphatic carbocycles. The van der Waals surface area contributed by atoms with Gasteiger partial charge in [0.25, 0.3) is 0 Å². The van der Waals surface area contributed by atoms with E-state index in [0.29, 0.717) is 72.2 Å². The highest BCUT2D eigenvalue weighted by Gasteiger charge is 2.14. The highest BCUT2D eigenvalue weighted by atomic mass is 16.5. The average Bonchev–Trinajstić information content (AvgIpc) is 2.58. The Labute approximate surface area is 157 Å². The Morgan fingerprint density at radius 1 is 0.846 bits per heavy atom. The molecule has 0 saturated carbocycles. The molecule has 0 aromatic carbocycles. The number of likely N-dealkylation sites (N-methyl/N-ethyl adjacent to an activating group) is 1. The number of carbonyl (C=O) groups excluding carboxylic acids is 2. The summed E-state index contributed by atoms with van der Waals surface area (Å²) in [6.07, 6.45) is 0.538. The molecule has 1 amide bonds. The molecular formula is C18H35N3O5. The van der Waals surface area contributed by atoms with Gasteiger partial charge in [-0.1, -0.05) is 0 Å². The summed E-state index contributed by atoms with van der Waals surface area (Å²) in [7, 11) is 3.76. The fraction of sp³-hybridized carbons (Fsp3) is 0.889. The van der Waals surface area contributed by atoms with Crippen LogP contribution in [0.3, 0.4) is 0 Å². The van der Waals surface area contributed by atoms with Gasteiger partial charge in [0.05, 0.1) is 46.2 Å². The number of carbonyl (C=O) groups is 2. The monoisotopic (exact) mass is 373 g/mol. The van der Waals surface area contributed by atoms with Crippen molar-refractivity contribution in [2.75, 3.05) is 93.0 Å². The van der Waals surface area contributed by atoms with E-state index in [1.54, 1.807) is 11.8 Å². The van der Waals surface area contributed by atoms with Crippen molar-refractivity contribution < 1.29 is 23.8 Å². The van der Waals surface area contributed by atoms with Crippen LogP contribution < -0.4 is 0 Å².